The lowest BCUT2D eigenvalue weighted by molar-refractivity contribution is -0.136. The van der Waals surface area contributed by atoms with Gasteiger partial charge >= 0.3 is 5.97 Å². The maximum Gasteiger partial charge on any atom is 0.303 e. The van der Waals surface area contributed by atoms with Gasteiger partial charge < -0.3 is 10.2 Å². The Morgan fingerprint density at radius 3 is 2.62 bits per heavy atom. The van der Waals surface area contributed by atoms with Crippen molar-refractivity contribution in [1.82, 2.24) is 0 Å². The van der Waals surface area contributed by atoms with Crippen molar-refractivity contribution in [2.75, 3.05) is 6.61 Å². The summed E-state index contributed by atoms with van der Waals surface area (Å²) >= 11 is 0. The van der Waals surface area contributed by atoms with Crippen LogP contribution in [0.1, 0.15) is 31.4 Å². The first-order chi connectivity index (χ1) is 7.45. The Bertz CT molecular complexity index is 369. The SMILES string of the molecule is CC(C)(CO)c1cccc(CCC(=O)O)c1. The zero-order chi connectivity index (χ0) is 12.2. The van der Waals surface area contributed by atoms with Crippen LogP contribution in [0.3, 0.4) is 0 Å². The smallest absolute Gasteiger partial charge is 0.303 e. The quantitative estimate of drug-likeness (QED) is 0.800. The molecule has 0 atom stereocenters. The highest BCUT2D eigenvalue weighted by Crippen LogP contribution is 2.23. The van der Waals surface area contributed by atoms with E-state index in [0.717, 1.165) is 11.1 Å². The second-order valence-corrected chi connectivity index (χ2v) is 4.64. The van der Waals surface area contributed by atoms with Gasteiger partial charge in [0.1, 0.15) is 0 Å². The van der Waals surface area contributed by atoms with Crippen molar-refractivity contribution < 1.29 is 15.0 Å². The van der Waals surface area contributed by atoms with Crippen LogP contribution in [-0.4, -0.2) is 22.8 Å². The highest BCUT2D eigenvalue weighted by molar-refractivity contribution is 5.67. The van der Waals surface area contributed by atoms with Crippen LogP contribution in [-0.2, 0) is 16.6 Å². The van der Waals surface area contributed by atoms with Gasteiger partial charge in [0.2, 0.25) is 0 Å². The summed E-state index contributed by atoms with van der Waals surface area (Å²) in [6, 6.07) is 7.75. The summed E-state index contributed by atoms with van der Waals surface area (Å²) in [7, 11) is 0. The molecule has 0 aliphatic heterocycles. The first-order valence-corrected chi connectivity index (χ1v) is 5.38. The van der Waals surface area contributed by atoms with Gasteiger partial charge in [-0.15, -0.1) is 0 Å². The van der Waals surface area contributed by atoms with Crippen molar-refractivity contribution in [3.05, 3.63) is 35.4 Å². The molecule has 0 saturated heterocycles. The highest BCUT2D eigenvalue weighted by Gasteiger charge is 2.19. The molecule has 0 aromatic heterocycles. The normalized spacial score (nSPS) is 11.4. The molecule has 0 heterocycles. The fourth-order valence-electron chi connectivity index (χ4n) is 1.49. The second kappa shape index (κ2) is 5.12. The first kappa shape index (κ1) is 12.7. The number of carboxylic acid groups (broad SMARTS) is 1. The Hall–Kier alpha value is -1.35. The van der Waals surface area contributed by atoms with E-state index in [1.165, 1.54) is 0 Å². The van der Waals surface area contributed by atoms with Gasteiger partial charge in [-0.3, -0.25) is 4.79 Å². The summed E-state index contributed by atoms with van der Waals surface area (Å²) < 4.78 is 0. The third kappa shape index (κ3) is 3.35. The van der Waals surface area contributed by atoms with Crippen molar-refractivity contribution >= 4 is 5.97 Å². The summed E-state index contributed by atoms with van der Waals surface area (Å²) in [6.45, 7) is 4.00. The minimum atomic E-state index is -0.785. The van der Waals surface area contributed by atoms with E-state index in [1.54, 1.807) is 0 Å². The van der Waals surface area contributed by atoms with Crippen LogP contribution in [0.2, 0.25) is 0 Å². The number of carboxylic acids is 1. The van der Waals surface area contributed by atoms with Gasteiger partial charge in [-0.05, 0) is 17.5 Å². The average Bonchev–Trinajstić information content (AvgIpc) is 2.27. The molecule has 0 amide bonds. The number of hydrogen-bond donors (Lipinski definition) is 2. The van der Waals surface area contributed by atoms with Crippen molar-refractivity contribution in [2.24, 2.45) is 0 Å². The van der Waals surface area contributed by atoms with Crippen LogP contribution in [0, 0.1) is 0 Å². The van der Waals surface area contributed by atoms with Crippen molar-refractivity contribution in [3.63, 3.8) is 0 Å². The Morgan fingerprint density at radius 1 is 1.38 bits per heavy atom. The molecule has 0 aliphatic rings. The molecule has 0 saturated carbocycles. The molecule has 0 bridgehead atoms. The molecule has 1 aromatic rings. The molecule has 1 aromatic carbocycles. The number of benzene rings is 1. The van der Waals surface area contributed by atoms with E-state index in [4.69, 9.17) is 5.11 Å². The lowest BCUT2D eigenvalue weighted by Gasteiger charge is -2.22. The van der Waals surface area contributed by atoms with Crippen molar-refractivity contribution in [2.45, 2.75) is 32.1 Å². The van der Waals surface area contributed by atoms with Crippen LogP contribution in [0.4, 0.5) is 0 Å². The molecule has 0 unspecified atom stereocenters. The minimum absolute atomic E-state index is 0.0788. The molecule has 0 fully saturated rings. The maximum absolute atomic E-state index is 10.5. The standard InChI is InChI=1S/C13H18O3/c1-13(2,9-14)11-5-3-4-10(8-11)6-7-12(15)16/h3-5,8,14H,6-7,9H2,1-2H3,(H,15,16). The Morgan fingerprint density at radius 2 is 2.06 bits per heavy atom. The van der Waals surface area contributed by atoms with Crippen molar-refractivity contribution in [1.29, 1.82) is 0 Å². The number of aliphatic hydroxyl groups excluding tert-OH is 1. The van der Waals surface area contributed by atoms with Gasteiger partial charge in [-0.25, -0.2) is 0 Å². The lowest BCUT2D eigenvalue weighted by Crippen LogP contribution is -2.22. The molecule has 0 radical (unpaired) electrons. The number of aliphatic hydroxyl groups is 1. The number of carbonyl (C=O) groups is 1. The molecule has 3 heteroatoms. The van der Waals surface area contributed by atoms with E-state index in [9.17, 15) is 9.90 Å². The van der Waals surface area contributed by atoms with Crippen molar-refractivity contribution in [3.8, 4) is 0 Å². The molecule has 88 valence electrons. The largest absolute Gasteiger partial charge is 0.481 e. The summed E-state index contributed by atoms with van der Waals surface area (Å²) in [4.78, 5) is 10.5. The monoisotopic (exact) mass is 222 g/mol. The van der Waals surface area contributed by atoms with Gasteiger partial charge in [-0.2, -0.15) is 0 Å². The third-order valence-electron chi connectivity index (χ3n) is 2.73. The highest BCUT2D eigenvalue weighted by atomic mass is 16.4. The third-order valence-corrected chi connectivity index (χ3v) is 2.73. The number of hydrogen-bond acceptors (Lipinski definition) is 2. The predicted molar refractivity (Wildman–Crippen MR) is 62.5 cm³/mol. The topological polar surface area (TPSA) is 57.5 Å². The number of rotatable bonds is 5. The van der Waals surface area contributed by atoms with Crippen LogP contribution in [0.15, 0.2) is 24.3 Å². The van der Waals surface area contributed by atoms with E-state index >= 15 is 0 Å². The van der Waals surface area contributed by atoms with E-state index in [2.05, 4.69) is 0 Å². The maximum atomic E-state index is 10.5. The fourth-order valence-corrected chi connectivity index (χ4v) is 1.49. The Kier molecular flexibility index (Phi) is 4.07. The van der Waals surface area contributed by atoms with Gasteiger partial charge in [0.05, 0.1) is 6.61 Å². The predicted octanol–water partition coefficient (Wildman–Crippen LogP) is 1.97. The molecular weight excluding hydrogens is 204 g/mol. The Labute approximate surface area is 95.7 Å². The van der Waals surface area contributed by atoms with Crippen LogP contribution >= 0.6 is 0 Å². The molecule has 2 N–H and O–H groups in total. The summed E-state index contributed by atoms with van der Waals surface area (Å²) in [5, 5.41) is 17.9. The lowest BCUT2D eigenvalue weighted by atomic mass is 9.84. The first-order valence-electron chi connectivity index (χ1n) is 5.38. The summed E-state index contributed by atoms with van der Waals surface area (Å²) in [6.07, 6.45) is 0.674. The van der Waals surface area contributed by atoms with Crippen LogP contribution < -0.4 is 0 Å². The zero-order valence-corrected chi connectivity index (χ0v) is 9.73. The molecule has 0 spiro atoms. The minimum Gasteiger partial charge on any atom is -0.481 e. The molecular formula is C13H18O3. The summed E-state index contributed by atoms with van der Waals surface area (Å²) in [5.74, 6) is -0.785. The van der Waals surface area contributed by atoms with Crippen LogP contribution in [0.5, 0.6) is 0 Å². The van der Waals surface area contributed by atoms with Gasteiger partial charge in [0, 0.05) is 11.8 Å². The number of aryl methyl sites for hydroxylation is 1. The van der Waals surface area contributed by atoms with Gasteiger partial charge in [0.25, 0.3) is 0 Å². The molecule has 1 rings (SSSR count). The molecule has 0 aliphatic carbocycles. The van der Waals surface area contributed by atoms with Crippen LogP contribution in [0.25, 0.3) is 0 Å². The summed E-state index contributed by atoms with van der Waals surface area (Å²) in [5.41, 5.74) is 1.76. The molecule has 3 nitrogen and oxygen atoms in total. The van der Waals surface area contributed by atoms with E-state index < -0.39 is 5.97 Å². The van der Waals surface area contributed by atoms with Gasteiger partial charge in [-0.1, -0.05) is 38.1 Å². The second-order valence-electron chi connectivity index (χ2n) is 4.64. The zero-order valence-electron chi connectivity index (χ0n) is 9.73. The molecule has 16 heavy (non-hydrogen) atoms. The van der Waals surface area contributed by atoms with E-state index in [-0.39, 0.29) is 18.4 Å². The Balaban J connectivity index is 2.83. The number of aliphatic carboxylic acids is 1. The van der Waals surface area contributed by atoms with E-state index in [0.29, 0.717) is 6.42 Å². The average molecular weight is 222 g/mol. The fraction of sp³-hybridized carbons (Fsp3) is 0.462. The van der Waals surface area contributed by atoms with Gasteiger partial charge in [0.15, 0.2) is 0 Å². The van der Waals surface area contributed by atoms with E-state index in [1.807, 2.05) is 38.1 Å².